The van der Waals surface area contributed by atoms with Gasteiger partial charge < -0.3 is 4.74 Å². The van der Waals surface area contributed by atoms with Crippen LogP contribution in [0.1, 0.15) is 80.1 Å². The average molecular weight is 353 g/mol. The molecule has 148 valence electrons. The van der Waals surface area contributed by atoms with Gasteiger partial charge in [0.05, 0.1) is 6.61 Å². The van der Waals surface area contributed by atoms with Crippen molar-refractivity contribution in [3.63, 3.8) is 0 Å². The summed E-state index contributed by atoms with van der Waals surface area (Å²) < 4.78 is 5.45. The summed E-state index contributed by atoms with van der Waals surface area (Å²) in [5.41, 5.74) is 0. The second-order valence-electron chi connectivity index (χ2n) is 9.30. The Morgan fingerprint density at radius 2 is 1.68 bits per heavy atom. The van der Waals surface area contributed by atoms with Gasteiger partial charge in [-0.15, -0.1) is 0 Å². The smallest absolute Gasteiger partial charge is 0.0503 e. The van der Waals surface area contributed by atoms with Crippen molar-refractivity contribution in [3.8, 4) is 0 Å². The van der Waals surface area contributed by atoms with E-state index in [0.29, 0.717) is 12.1 Å². The number of hydrogen-bond acceptors (Lipinski definition) is 3. The maximum atomic E-state index is 5.45. The summed E-state index contributed by atoms with van der Waals surface area (Å²) in [7, 11) is 1.85. The molecule has 0 amide bonds. The topological polar surface area (TPSA) is 15.7 Å². The van der Waals surface area contributed by atoms with Crippen LogP contribution in [0.4, 0.5) is 0 Å². The first-order chi connectivity index (χ1) is 11.9. The first-order valence-electron chi connectivity index (χ1n) is 10.9. The zero-order valence-electron chi connectivity index (χ0n) is 18.0. The highest BCUT2D eigenvalue weighted by atomic mass is 16.5. The molecule has 2 fully saturated rings. The van der Waals surface area contributed by atoms with E-state index < -0.39 is 0 Å². The highest BCUT2D eigenvalue weighted by Crippen LogP contribution is 2.35. The van der Waals surface area contributed by atoms with E-state index in [4.69, 9.17) is 4.74 Å². The van der Waals surface area contributed by atoms with Gasteiger partial charge in [-0.25, -0.2) is 0 Å². The minimum Gasteiger partial charge on any atom is -0.384 e. The zero-order chi connectivity index (χ0) is 18.6. The minimum atomic E-state index is 0.650. The lowest BCUT2D eigenvalue weighted by Gasteiger charge is -2.36. The Kier molecular flexibility index (Phi) is 8.23. The molecule has 0 aromatic carbocycles. The second-order valence-corrected chi connectivity index (χ2v) is 9.30. The maximum absolute atomic E-state index is 5.45. The van der Waals surface area contributed by atoms with Crippen molar-refractivity contribution < 1.29 is 4.74 Å². The van der Waals surface area contributed by atoms with Gasteiger partial charge in [-0.1, -0.05) is 13.8 Å². The van der Waals surface area contributed by atoms with Gasteiger partial charge in [-0.05, 0) is 78.1 Å². The third-order valence-corrected chi connectivity index (χ3v) is 6.89. The highest BCUT2D eigenvalue weighted by molar-refractivity contribution is 4.92. The third-order valence-electron chi connectivity index (χ3n) is 6.89. The summed E-state index contributed by atoms with van der Waals surface area (Å²) in [6, 6.07) is 3.73. The molecule has 0 saturated carbocycles. The molecule has 2 aliphatic rings. The van der Waals surface area contributed by atoms with Crippen LogP contribution in [-0.4, -0.2) is 60.3 Å². The molecule has 25 heavy (non-hydrogen) atoms. The molecule has 0 radical (unpaired) electrons. The molecule has 0 aromatic heterocycles. The van der Waals surface area contributed by atoms with E-state index in [1.165, 1.54) is 45.1 Å². The van der Waals surface area contributed by atoms with Crippen molar-refractivity contribution in [1.29, 1.82) is 0 Å². The Bertz CT molecular complexity index is 384. The normalized spacial score (nSPS) is 33.0. The molecule has 0 bridgehead atoms. The molecular formula is C22H44N2O. The van der Waals surface area contributed by atoms with E-state index in [1.54, 1.807) is 0 Å². The molecule has 2 rings (SSSR count). The van der Waals surface area contributed by atoms with Crippen LogP contribution < -0.4 is 0 Å². The van der Waals surface area contributed by atoms with Crippen molar-refractivity contribution in [1.82, 2.24) is 9.80 Å². The van der Waals surface area contributed by atoms with Crippen LogP contribution >= 0.6 is 0 Å². The van der Waals surface area contributed by atoms with Gasteiger partial charge in [0.25, 0.3) is 0 Å². The average Bonchev–Trinajstić information content (AvgIpc) is 3.16. The summed E-state index contributed by atoms with van der Waals surface area (Å²) in [5.74, 6) is 1.52. The van der Waals surface area contributed by atoms with E-state index in [1.807, 2.05) is 7.11 Å². The molecule has 0 aliphatic carbocycles. The van der Waals surface area contributed by atoms with Gasteiger partial charge in [0.2, 0.25) is 0 Å². The molecule has 5 atom stereocenters. The Labute approximate surface area is 157 Å². The van der Waals surface area contributed by atoms with Gasteiger partial charge in [0, 0.05) is 43.9 Å². The van der Waals surface area contributed by atoms with Crippen LogP contribution in [0.3, 0.4) is 0 Å². The molecule has 0 spiro atoms. The molecule has 0 N–H and O–H groups in total. The van der Waals surface area contributed by atoms with Gasteiger partial charge >= 0.3 is 0 Å². The predicted octanol–water partition coefficient (Wildman–Crippen LogP) is 4.80. The Hall–Kier alpha value is -0.120. The summed E-state index contributed by atoms with van der Waals surface area (Å²) in [4.78, 5) is 5.58. The maximum Gasteiger partial charge on any atom is 0.0503 e. The van der Waals surface area contributed by atoms with Gasteiger partial charge in [0.1, 0.15) is 0 Å². The fraction of sp³-hybridized carbons (Fsp3) is 1.00. The summed E-state index contributed by atoms with van der Waals surface area (Å²) >= 11 is 0. The first-order valence-corrected chi connectivity index (χ1v) is 10.9. The van der Waals surface area contributed by atoms with Crippen LogP contribution in [0.2, 0.25) is 0 Å². The van der Waals surface area contributed by atoms with Crippen LogP contribution in [0, 0.1) is 11.8 Å². The van der Waals surface area contributed by atoms with E-state index in [9.17, 15) is 0 Å². The van der Waals surface area contributed by atoms with E-state index >= 15 is 0 Å². The first kappa shape index (κ1) is 21.2. The largest absolute Gasteiger partial charge is 0.384 e. The van der Waals surface area contributed by atoms with Crippen LogP contribution in [0.25, 0.3) is 0 Å². The lowest BCUT2D eigenvalue weighted by atomic mass is 9.90. The van der Waals surface area contributed by atoms with Crippen molar-refractivity contribution in [2.24, 2.45) is 11.8 Å². The molecule has 2 aliphatic heterocycles. The van der Waals surface area contributed by atoms with Crippen LogP contribution in [0.15, 0.2) is 0 Å². The Morgan fingerprint density at radius 1 is 1.00 bits per heavy atom. The Balaban J connectivity index is 1.91. The highest BCUT2D eigenvalue weighted by Gasteiger charge is 2.38. The standard InChI is InChI=1S/C22H44N2O/c1-8-20-11-12-21(24(20)17(4)5)10-9-18(6)22-13-19(15-25-7)14-23(22)16(2)3/h16-22H,8-15H2,1-7H3/t18?,19?,20-,21?,22+/m1/s1. The molecule has 0 aromatic rings. The number of rotatable bonds is 9. The van der Waals surface area contributed by atoms with Crippen molar-refractivity contribution in [3.05, 3.63) is 0 Å². The molecule has 3 nitrogen and oxygen atoms in total. The number of methoxy groups -OCH3 is 1. The van der Waals surface area contributed by atoms with E-state index in [-0.39, 0.29) is 0 Å². The SMILES string of the molecule is CC[C@@H]1CCC(CCC(C)[C@@H]2CC(COC)CN2C(C)C)N1C(C)C. The predicted molar refractivity (Wildman–Crippen MR) is 108 cm³/mol. The van der Waals surface area contributed by atoms with Gasteiger partial charge in [-0.3, -0.25) is 9.80 Å². The lowest BCUT2D eigenvalue weighted by molar-refractivity contribution is 0.118. The molecular weight excluding hydrogens is 308 g/mol. The van der Waals surface area contributed by atoms with Crippen LogP contribution in [-0.2, 0) is 4.74 Å². The fourth-order valence-electron chi connectivity index (χ4n) is 5.67. The molecule has 2 heterocycles. The van der Waals surface area contributed by atoms with E-state index in [0.717, 1.165) is 36.6 Å². The van der Waals surface area contributed by atoms with Crippen molar-refractivity contribution >= 4 is 0 Å². The summed E-state index contributed by atoms with van der Waals surface area (Å²) in [6.45, 7) is 16.5. The third kappa shape index (κ3) is 5.20. The summed E-state index contributed by atoms with van der Waals surface area (Å²) in [5, 5.41) is 0. The van der Waals surface area contributed by atoms with Crippen molar-refractivity contribution in [2.45, 2.75) is 110 Å². The quantitative estimate of drug-likeness (QED) is 0.593. The second kappa shape index (κ2) is 9.71. The fourth-order valence-corrected chi connectivity index (χ4v) is 5.67. The number of ether oxygens (including phenoxy) is 1. The molecule has 2 saturated heterocycles. The number of nitrogens with zero attached hydrogens (tertiary/aromatic N) is 2. The lowest BCUT2D eigenvalue weighted by Crippen LogP contribution is -2.42. The number of hydrogen-bond donors (Lipinski definition) is 0. The molecule has 3 unspecified atom stereocenters. The summed E-state index contributed by atoms with van der Waals surface area (Å²) in [6.07, 6.45) is 8.21. The number of likely N-dealkylation sites (tertiary alicyclic amines) is 2. The van der Waals surface area contributed by atoms with E-state index in [2.05, 4.69) is 51.3 Å². The zero-order valence-corrected chi connectivity index (χ0v) is 18.0. The molecule has 3 heteroatoms. The van der Waals surface area contributed by atoms with Crippen molar-refractivity contribution in [2.75, 3.05) is 20.3 Å². The van der Waals surface area contributed by atoms with Gasteiger partial charge in [-0.2, -0.15) is 0 Å². The Morgan fingerprint density at radius 3 is 2.24 bits per heavy atom. The minimum absolute atomic E-state index is 0.650. The monoisotopic (exact) mass is 352 g/mol. The van der Waals surface area contributed by atoms with Gasteiger partial charge in [0.15, 0.2) is 0 Å². The van der Waals surface area contributed by atoms with Crippen LogP contribution in [0.5, 0.6) is 0 Å².